The molecule has 1 heterocycles. The molecule has 94 valence electrons. The van der Waals surface area contributed by atoms with E-state index in [9.17, 15) is 0 Å². The minimum Gasteiger partial charge on any atom is -0.444 e. The van der Waals surface area contributed by atoms with Gasteiger partial charge in [0.15, 0.2) is 5.11 Å². The molecule has 1 saturated carbocycles. The average Bonchev–Trinajstić information content (AvgIpc) is 2.74. The van der Waals surface area contributed by atoms with Crippen LogP contribution in [0, 0.1) is 6.92 Å². The van der Waals surface area contributed by atoms with Gasteiger partial charge in [0, 0.05) is 6.04 Å². The standard InChI is InChI=1S/C12H19N3OS/c1-9-7-13-11(16-9)8-14-12(17)15-10-5-3-2-4-6-10/h7,10H,2-6,8H2,1H3,(H2,14,15,17). The minimum absolute atomic E-state index is 0.537. The molecular weight excluding hydrogens is 234 g/mol. The Balaban J connectivity index is 1.70. The number of nitrogens with one attached hydrogen (secondary N) is 2. The number of hydrogen-bond donors (Lipinski definition) is 2. The molecule has 0 atom stereocenters. The van der Waals surface area contributed by atoms with Gasteiger partial charge in [-0.25, -0.2) is 4.98 Å². The van der Waals surface area contributed by atoms with Crippen LogP contribution in [0.1, 0.15) is 43.8 Å². The quantitative estimate of drug-likeness (QED) is 0.809. The molecule has 17 heavy (non-hydrogen) atoms. The van der Waals surface area contributed by atoms with Gasteiger partial charge in [0.1, 0.15) is 5.76 Å². The van der Waals surface area contributed by atoms with Crippen molar-refractivity contribution in [1.29, 1.82) is 0 Å². The van der Waals surface area contributed by atoms with Crippen molar-refractivity contribution in [3.8, 4) is 0 Å². The number of nitrogens with zero attached hydrogens (tertiary/aromatic N) is 1. The van der Waals surface area contributed by atoms with Crippen LogP contribution in [0.4, 0.5) is 0 Å². The van der Waals surface area contributed by atoms with E-state index in [-0.39, 0.29) is 0 Å². The fourth-order valence-electron chi connectivity index (χ4n) is 2.12. The van der Waals surface area contributed by atoms with Gasteiger partial charge in [-0.05, 0) is 32.0 Å². The third-order valence-corrected chi connectivity index (χ3v) is 3.27. The predicted octanol–water partition coefficient (Wildman–Crippen LogP) is 2.28. The molecule has 1 aliphatic rings. The van der Waals surface area contributed by atoms with E-state index < -0.39 is 0 Å². The lowest BCUT2D eigenvalue weighted by atomic mass is 9.96. The summed E-state index contributed by atoms with van der Waals surface area (Å²) in [6.45, 7) is 2.43. The number of aromatic nitrogens is 1. The number of rotatable bonds is 3. The Morgan fingerprint density at radius 3 is 2.88 bits per heavy atom. The Kier molecular flexibility index (Phi) is 4.36. The van der Waals surface area contributed by atoms with E-state index in [4.69, 9.17) is 16.6 Å². The van der Waals surface area contributed by atoms with E-state index in [0.717, 1.165) is 5.76 Å². The van der Waals surface area contributed by atoms with Gasteiger partial charge >= 0.3 is 0 Å². The predicted molar refractivity (Wildman–Crippen MR) is 70.7 cm³/mol. The average molecular weight is 253 g/mol. The summed E-state index contributed by atoms with van der Waals surface area (Å²) in [6.07, 6.45) is 8.13. The monoisotopic (exact) mass is 253 g/mol. The molecule has 1 aliphatic carbocycles. The molecule has 0 spiro atoms. The number of aryl methyl sites for hydroxylation is 1. The lowest BCUT2D eigenvalue weighted by molar-refractivity contribution is 0.410. The second-order valence-corrected chi connectivity index (χ2v) is 4.93. The molecule has 0 radical (unpaired) electrons. The first-order valence-electron chi connectivity index (χ1n) is 6.20. The summed E-state index contributed by atoms with van der Waals surface area (Å²) in [5.74, 6) is 1.50. The first-order valence-corrected chi connectivity index (χ1v) is 6.60. The fraction of sp³-hybridized carbons (Fsp3) is 0.667. The molecule has 1 aromatic heterocycles. The van der Waals surface area contributed by atoms with Crippen LogP contribution >= 0.6 is 12.2 Å². The maximum absolute atomic E-state index is 5.36. The maximum Gasteiger partial charge on any atom is 0.213 e. The summed E-state index contributed by atoms with van der Waals surface area (Å²) in [6, 6.07) is 0.537. The zero-order valence-electron chi connectivity index (χ0n) is 10.2. The second kappa shape index (κ2) is 6.00. The van der Waals surface area contributed by atoms with Gasteiger partial charge in [-0.15, -0.1) is 0 Å². The third kappa shape index (κ3) is 4.00. The maximum atomic E-state index is 5.36. The van der Waals surface area contributed by atoms with Gasteiger partial charge in [-0.2, -0.15) is 0 Å². The molecule has 4 nitrogen and oxygen atoms in total. The largest absolute Gasteiger partial charge is 0.444 e. The highest BCUT2D eigenvalue weighted by Gasteiger charge is 2.13. The Morgan fingerprint density at radius 2 is 2.24 bits per heavy atom. The van der Waals surface area contributed by atoms with Crippen molar-refractivity contribution >= 4 is 17.3 Å². The molecular formula is C12H19N3OS. The lowest BCUT2D eigenvalue weighted by Crippen LogP contribution is -2.42. The van der Waals surface area contributed by atoms with E-state index in [1.165, 1.54) is 32.1 Å². The van der Waals surface area contributed by atoms with E-state index in [2.05, 4.69) is 15.6 Å². The van der Waals surface area contributed by atoms with Crippen LogP contribution in [0.3, 0.4) is 0 Å². The summed E-state index contributed by atoms with van der Waals surface area (Å²) in [7, 11) is 0. The van der Waals surface area contributed by atoms with E-state index in [1.807, 2.05) is 6.92 Å². The topological polar surface area (TPSA) is 50.1 Å². The summed E-state index contributed by atoms with van der Waals surface area (Å²) in [5.41, 5.74) is 0. The molecule has 1 aromatic rings. The van der Waals surface area contributed by atoms with Crippen molar-refractivity contribution < 1.29 is 4.42 Å². The van der Waals surface area contributed by atoms with Gasteiger partial charge < -0.3 is 15.1 Å². The van der Waals surface area contributed by atoms with Crippen LogP contribution in [0.5, 0.6) is 0 Å². The van der Waals surface area contributed by atoms with Crippen LogP contribution in [0.15, 0.2) is 10.6 Å². The highest BCUT2D eigenvalue weighted by molar-refractivity contribution is 7.80. The molecule has 1 fully saturated rings. The van der Waals surface area contributed by atoms with Crippen LogP contribution < -0.4 is 10.6 Å². The number of hydrogen-bond acceptors (Lipinski definition) is 3. The number of oxazole rings is 1. The Bertz CT molecular complexity index is 372. The minimum atomic E-state index is 0.537. The zero-order chi connectivity index (χ0) is 12.1. The summed E-state index contributed by atoms with van der Waals surface area (Å²) < 4.78 is 5.36. The molecule has 0 amide bonds. The molecule has 0 bridgehead atoms. The van der Waals surface area contributed by atoms with Gasteiger partial charge in [-0.1, -0.05) is 19.3 Å². The van der Waals surface area contributed by atoms with E-state index in [0.29, 0.717) is 23.6 Å². The summed E-state index contributed by atoms with van der Waals surface area (Å²) in [5, 5.41) is 7.17. The van der Waals surface area contributed by atoms with Crippen LogP contribution in [-0.4, -0.2) is 16.1 Å². The van der Waals surface area contributed by atoms with Crippen LogP contribution in [0.2, 0.25) is 0 Å². The highest BCUT2D eigenvalue weighted by Crippen LogP contribution is 2.17. The Morgan fingerprint density at radius 1 is 1.47 bits per heavy atom. The molecule has 0 unspecified atom stereocenters. The van der Waals surface area contributed by atoms with E-state index in [1.54, 1.807) is 6.20 Å². The van der Waals surface area contributed by atoms with Crippen molar-refractivity contribution in [3.05, 3.63) is 17.8 Å². The third-order valence-electron chi connectivity index (χ3n) is 3.01. The SMILES string of the molecule is Cc1cnc(CNC(=S)NC2CCCCC2)o1. The van der Waals surface area contributed by atoms with Crippen molar-refractivity contribution in [1.82, 2.24) is 15.6 Å². The zero-order valence-corrected chi connectivity index (χ0v) is 11.0. The van der Waals surface area contributed by atoms with Gasteiger partial charge in [0.25, 0.3) is 0 Å². The molecule has 2 rings (SSSR count). The molecule has 0 aliphatic heterocycles. The smallest absolute Gasteiger partial charge is 0.213 e. The highest BCUT2D eigenvalue weighted by atomic mass is 32.1. The molecule has 0 saturated heterocycles. The summed E-state index contributed by atoms with van der Waals surface area (Å²) >= 11 is 5.25. The lowest BCUT2D eigenvalue weighted by Gasteiger charge is -2.24. The van der Waals surface area contributed by atoms with Crippen LogP contribution in [0.25, 0.3) is 0 Å². The first-order chi connectivity index (χ1) is 8.24. The fourth-order valence-corrected chi connectivity index (χ4v) is 2.36. The van der Waals surface area contributed by atoms with Gasteiger partial charge in [0.05, 0.1) is 12.7 Å². The van der Waals surface area contributed by atoms with Crippen molar-refractivity contribution in [2.24, 2.45) is 0 Å². The normalized spacial score (nSPS) is 16.8. The Hall–Kier alpha value is -1.10. The molecule has 5 heteroatoms. The van der Waals surface area contributed by atoms with Gasteiger partial charge in [-0.3, -0.25) is 0 Å². The van der Waals surface area contributed by atoms with Crippen molar-refractivity contribution in [3.63, 3.8) is 0 Å². The Labute approximate surface area is 107 Å². The van der Waals surface area contributed by atoms with E-state index >= 15 is 0 Å². The number of thiocarbonyl (C=S) groups is 1. The summed E-state index contributed by atoms with van der Waals surface area (Å²) in [4.78, 5) is 4.12. The van der Waals surface area contributed by atoms with Crippen molar-refractivity contribution in [2.75, 3.05) is 0 Å². The molecule has 0 aromatic carbocycles. The first kappa shape index (κ1) is 12.4. The van der Waals surface area contributed by atoms with Crippen LogP contribution in [-0.2, 0) is 6.54 Å². The second-order valence-electron chi connectivity index (χ2n) is 4.53. The van der Waals surface area contributed by atoms with Crippen molar-refractivity contribution in [2.45, 2.75) is 51.6 Å². The van der Waals surface area contributed by atoms with Gasteiger partial charge in [0.2, 0.25) is 5.89 Å². The molecule has 2 N–H and O–H groups in total.